The molecule has 1 heterocycles. The van der Waals surface area contributed by atoms with E-state index in [0.717, 1.165) is 45.9 Å². The number of hydrogen-bond acceptors (Lipinski definition) is 6. The number of carbonyl (C=O) groups excluding carboxylic acids is 2. The molecule has 1 aromatic heterocycles. The Morgan fingerprint density at radius 1 is 0.865 bits per heavy atom. The Bertz CT molecular complexity index is 1520. The second-order valence-corrected chi connectivity index (χ2v) is 9.08. The van der Waals surface area contributed by atoms with Crippen LogP contribution in [-0.4, -0.2) is 25.7 Å². The van der Waals surface area contributed by atoms with E-state index in [0.29, 0.717) is 40.4 Å². The summed E-state index contributed by atoms with van der Waals surface area (Å²) in [5.41, 5.74) is 5.77. The summed E-state index contributed by atoms with van der Waals surface area (Å²) in [7, 11) is 1.62. The van der Waals surface area contributed by atoms with E-state index in [2.05, 4.69) is 25.3 Å². The molecular weight excluding hydrogens is 468 g/mol. The van der Waals surface area contributed by atoms with E-state index in [1.807, 2.05) is 37.3 Å². The molecule has 4 aromatic rings. The van der Waals surface area contributed by atoms with Gasteiger partial charge in [0.1, 0.15) is 11.3 Å². The third kappa shape index (κ3) is 5.28. The SMILES string of the molecule is C=C(C)C(=O)OCCCc1ccc(-c2ccc3c(oc4c(C)c(OC(=O)C(=C)C)ccc43)c2OC)cc1. The van der Waals surface area contributed by atoms with Crippen LogP contribution in [0.2, 0.25) is 0 Å². The molecule has 0 amide bonds. The first-order chi connectivity index (χ1) is 17.7. The molecule has 0 fully saturated rings. The zero-order valence-corrected chi connectivity index (χ0v) is 21.6. The lowest BCUT2D eigenvalue weighted by Gasteiger charge is -2.10. The number of benzene rings is 3. The highest BCUT2D eigenvalue weighted by Gasteiger charge is 2.20. The summed E-state index contributed by atoms with van der Waals surface area (Å²) in [6, 6.07) is 15.9. The molecule has 0 unspecified atom stereocenters. The van der Waals surface area contributed by atoms with Crippen LogP contribution in [0.1, 0.15) is 31.4 Å². The summed E-state index contributed by atoms with van der Waals surface area (Å²) in [5.74, 6) is 0.231. The first kappa shape index (κ1) is 25.8. The lowest BCUT2D eigenvalue weighted by molar-refractivity contribution is -0.139. The molecule has 6 heteroatoms. The molecule has 6 nitrogen and oxygen atoms in total. The number of aryl methyl sites for hydroxylation is 2. The van der Waals surface area contributed by atoms with Crippen LogP contribution < -0.4 is 9.47 Å². The number of methoxy groups -OCH3 is 1. The van der Waals surface area contributed by atoms with Crippen molar-refractivity contribution in [3.8, 4) is 22.6 Å². The molecular formula is C31H30O6. The van der Waals surface area contributed by atoms with Crippen molar-refractivity contribution in [1.82, 2.24) is 0 Å². The molecule has 0 aliphatic carbocycles. The first-order valence-electron chi connectivity index (χ1n) is 12.0. The van der Waals surface area contributed by atoms with Crippen molar-refractivity contribution in [2.24, 2.45) is 0 Å². The quantitative estimate of drug-likeness (QED) is 0.106. The van der Waals surface area contributed by atoms with Gasteiger partial charge in [-0.3, -0.25) is 0 Å². The summed E-state index contributed by atoms with van der Waals surface area (Å²) in [4.78, 5) is 23.5. The molecule has 0 spiro atoms. The van der Waals surface area contributed by atoms with Crippen LogP contribution in [0.15, 0.2) is 77.3 Å². The van der Waals surface area contributed by atoms with Gasteiger partial charge in [-0.2, -0.15) is 0 Å². The Morgan fingerprint density at radius 3 is 2.16 bits per heavy atom. The number of carbonyl (C=O) groups is 2. The van der Waals surface area contributed by atoms with Crippen LogP contribution in [0, 0.1) is 6.92 Å². The van der Waals surface area contributed by atoms with Gasteiger partial charge in [0, 0.05) is 33.0 Å². The summed E-state index contributed by atoms with van der Waals surface area (Å²) >= 11 is 0. The minimum absolute atomic E-state index is 0.327. The van der Waals surface area contributed by atoms with Gasteiger partial charge in [0.05, 0.1) is 13.7 Å². The highest BCUT2D eigenvalue weighted by atomic mass is 16.5. The van der Waals surface area contributed by atoms with E-state index in [4.69, 9.17) is 18.6 Å². The van der Waals surface area contributed by atoms with Crippen LogP contribution >= 0.6 is 0 Å². The highest BCUT2D eigenvalue weighted by molar-refractivity contribution is 6.10. The zero-order chi connectivity index (χ0) is 26.7. The molecule has 0 aliphatic rings. The van der Waals surface area contributed by atoms with Crippen LogP contribution in [0.4, 0.5) is 0 Å². The monoisotopic (exact) mass is 498 g/mol. The molecule has 0 atom stereocenters. The number of ether oxygens (including phenoxy) is 3. The van der Waals surface area contributed by atoms with Crippen molar-refractivity contribution in [1.29, 1.82) is 0 Å². The van der Waals surface area contributed by atoms with Crippen molar-refractivity contribution < 1.29 is 28.2 Å². The van der Waals surface area contributed by atoms with E-state index >= 15 is 0 Å². The summed E-state index contributed by atoms with van der Waals surface area (Å²) in [5, 5.41) is 1.83. The fourth-order valence-electron chi connectivity index (χ4n) is 4.14. The number of fused-ring (bicyclic) bond motifs is 3. The van der Waals surface area contributed by atoms with Gasteiger partial charge in [-0.15, -0.1) is 0 Å². The zero-order valence-electron chi connectivity index (χ0n) is 21.6. The topological polar surface area (TPSA) is 75.0 Å². The molecule has 0 N–H and O–H groups in total. The molecule has 37 heavy (non-hydrogen) atoms. The van der Waals surface area contributed by atoms with Crippen LogP contribution in [0.5, 0.6) is 11.5 Å². The highest BCUT2D eigenvalue weighted by Crippen LogP contribution is 2.43. The maximum absolute atomic E-state index is 12.0. The number of esters is 2. The maximum atomic E-state index is 12.0. The van der Waals surface area contributed by atoms with Gasteiger partial charge in [-0.25, -0.2) is 9.59 Å². The largest absolute Gasteiger partial charge is 0.492 e. The second-order valence-electron chi connectivity index (χ2n) is 9.08. The Balaban J connectivity index is 1.61. The van der Waals surface area contributed by atoms with Crippen LogP contribution in [-0.2, 0) is 20.7 Å². The van der Waals surface area contributed by atoms with Crippen molar-refractivity contribution in [2.45, 2.75) is 33.6 Å². The number of rotatable bonds is 9. The first-order valence-corrected chi connectivity index (χ1v) is 12.0. The molecule has 3 aromatic carbocycles. The van der Waals surface area contributed by atoms with E-state index in [1.54, 1.807) is 27.0 Å². The predicted molar refractivity (Wildman–Crippen MR) is 145 cm³/mol. The Hall–Kier alpha value is -4.32. The standard InChI is InChI=1S/C31H30O6/c1-18(2)30(32)35-17-7-8-21-9-11-22(12-10-21)23-13-14-25-24-15-16-26(36-31(33)19(3)4)20(5)27(24)37-29(25)28(23)34-6/h9-16H,1,3,7-8,17H2,2,4-6H3. The average Bonchev–Trinajstić information content (AvgIpc) is 3.27. The van der Waals surface area contributed by atoms with Crippen molar-refractivity contribution in [2.75, 3.05) is 13.7 Å². The summed E-state index contributed by atoms with van der Waals surface area (Å²) in [6.07, 6.45) is 1.52. The normalized spacial score (nSPS) is 10.9. The van der Waals surface area contributed by atoms with Gasteiger partial charge < -0.3 is 18.6 Å². The molecule has 0 saturated heterocycles. The smallest absolute Gasteiger partial charge is 0.338 e. The summed E-state index contributed by atoms with van der Waals surface area (Å²) in [6.45, 7) is 12.7. The number of furan rings is 1. The average molecular weight is 499 g/mol. The van der Waals surface area contributed by atoms with Gasteiger partial charge in [0.15, 0.2) is 11.3 Å². The van der Waals surface area contributed by atoms with Crippen LogP contribution in [0.3, 0.4) is 0 Å². The fourth-order valence-corrected chi connectivity index (χ4v) is 4.14. The Kier molecular flexibility index (Phi) is 7.48. The van der Waals surface area contributed by atoms with Crippen molar-refractivity contribution >= 4 is 33.9 Å². The van der Waals surface area contributed by atoms with E-state index in [1.165, 1.54) is 0 Å². The maximum Gasteiger partial charge on any atom is 0.338 e. The Morgan fingerprint density at radius 2 is 1.51 bits per heavy atom. The van der Waals surface area contributed by atoms with E-state index in [9.17, 15) is 9.59 Å². The molecule has 190 valence electrons. The molecule has 0 radical (unpaired) electrons. The third-order valence-electron chi connectivity index (χ3n) is 6.17. The molecule has 0 aliphatic heterocycles. The fraction of sp³-hybridized carbons (Fsp3) is 0.226. The summed E-state index contributed by atoms with van der Waals surface area (Å²) < 4.78 is 22.7. The van der Waals surface area contributed by atoms with Gasteiger partial charge in [-0.1, -0.05) is 37.4 Å². The molecule has 0 bridgehead atoms. The molecule has 4 rings (SSSR count). The lowest BCUT2D eigenvalue weighted by Crippen LogP contribution is -2.08. The van der Waals surface area contributed by atoms with Gasteiger partial charge >= 0.3 is 11.9 Å². The predicted octanol–water partition coefficient (Wildman–Crippen LogP) is 7.10. The minimum Gasteiger partial charge on any atom is -0.492 e. The second kappa shape index (κ2) is 10.7. The van der Waals surface area contributed by atoms with Crippen LogP contribution in [0.25, 0.3) is 33.1 Å². The van der Waals surface area contributed by atoms with Crippen molar-refractivity contribution in [3.05, 3.63) is 84.0 Å². The van der Waals surface area contributed by atoms with Crippen molar-refractivity contribution in [3.63, 3.8) is 0 Å². The molecule has 0 saturated carbocycles. The van der Waals surface area contributed by atoms with Gasteiger partial charge in [0.25, 0.3) is 0 Å². The number of hydrogen-bond donors (Lipinski definition) is 0. The van der Waals surface area contributed by atoms with Gasteiger partial charge in [0.2, 0.25) is 0 Å². The van der Waals surface area contributed by atoms with Gasteiger partial charge in [-0.05, 0) is 69.0 Å². The minimum atomic E-state index is -0.477. The third-order valence-corrected chi connectivity index (χ3v) is 6.17. The van der Waals surface area contributed by atoms with E-state index in [-0.39, 0.29) is 5.97 Å². The Labute approximate surface area is 216 Å². The van der Waals surface area contributed by atoms with E-state index < -0.39 is 5.97 Å². The lowest BCUT2D eigenvalue weighted by atomic mass is 9.99.